The molecule has 0 aromatic carbocycles. The van der Waals surface area contributed by atoms with Crippen LogP contribution in [0.1, 0.15) is 46.1 Å². The third-order valence-electron chi connectivity index (χ3n) is 4.74. The van der Waals surface area contributed by atoms with Crippen LogP contribution in [0.5, 0.6) is 0 Å². The Morgan fingerprint density at radius 2 is 1.85 bits per heavy atom. The number of halogens is 1. The monoisotopic (exact) mass is 293 g/mol. The van der Waals surface area contributed by atoms with Crippen LogP contribution in [-0.2, 0) is 15.7 Å². The fourth-order valence-electron chi connectivity index (χ4n) is 2.48. The molecular formula is C15H21BClNO2. The summed E-state index contributed by atoms with van der Waals surface area (Å²) in [5.74, 6) is 0.748. The third-order valence-corrected chi connectivity index (χ3v) is 5.06. The van der Waals surface area contributed by atoms with Crippen LogP contribution in [0.3, 0.4) is 0 Å². The van der Waals surface area contributed by atoms with Gasteiger partial charge < -0.3 is 9.31 Å². The van der Waals surface area contributed by atoms with Crippen LogP contribution >= 0.6 is 11.6 Å². The average Bonchev–Trinajstić information content (AvgIpc) is 3.10. The van der Waals surface area contributed by atoms with Crippen LogP contribution in [0.15, 0.2) is 12.3 Å². The summed E-state index contributed by atoms with van der Waals surface area (Å²) >= 11 is 6.30. The predicted octanol–water partition coefficient (Wildman–Crippen LogP) is 2.99. The molecule has 0 spiro atoms. The highest BCUT2D eigenvalue weighted by Gasteiger charge is 2.52. The maximum absolute atomic E-state index is 6.30. The second-order valence-electron chi connectivity index (χ2n) is 6.91. The summed E-state index contributed by atoms with van der Waals surface area (Å²) in [5, 5.41) is 0.587. The van der Waals surface area contributed by atoms with Gasteiger partial charge in [-0.3, -0.25) is 0 Å². The van der Waals surface area contributed by atoms with Crippen LogP contribution in [0.25, 0.3) is 0 Å². The van der Waals surface area contributed by atoms with E-state index in [-0.39, 0.29) is 18.3 Å². The first kappa shape index (κ1) is 14.4. The molecule has 2 aliphatic rings. The fraction of sp³-hybridized carbons (Fsp3) is 0.667. The fourth-order valence-corrected chi connectivity index (χ4v) is 2.73. The SMILES string of the molecule is CC1(C)OB(c2ccnc(Cl)c2CC2CC2)OC1(C)C. The standard InChI is InChI=1S/C15H21BClNO2/c1-14(2)15(3,4)20-16(19-14)12-7-8-18-13(17)11(12)9-10-5-6-10/h7-8,10H,5-6,9H2,1-4H3. The van der Waals surface area contributed by atoms with Crippen molar-refractivity contribution in [3.63, 3.8) is 0 Å². The molecule has 2 fully saturated rings. The van der Waals surface area contributed by atoms with Crippen molar-refractivity contribution in [2.45, 2.75) is 58.2 Å². The van der Waals surface area contributed by atoms with Crippen LogP contribution in [0.4, 0.5) is 0 Å². The van der Waals surface area contributed by atoms with E-state index >= 15 is 0 Å². The Labute approximate surface area is 126 Å². The minimum Gasteiger partial charge on any atom is -0.399 e. The Bertz CT molecular complexity index is 513. The van der Waals surface area contributed by atoms with Gasteiger partial charge in [-0.25, -0.2) is 4.98 Å². The molecule has 0 bridgehead atoms. The summed E-state index contributed by atoms with van der Waals surface area (Å²) in [6.07, 6.45) is 5.28. The number of rotatable bonds is 3. The molecule has 0 atom stereocenters. The van der Waals surface area contributed by atoms with E-state index in [4.69, 9.17) is 20.9 Å². The van der Waals surface area contributed by atoms with Crippen molar-refractivity contribution in [3.05, 3.63) is 23.0 Å². The zero-order chi connectivity index (χ0) is 14.5. The largest absolute Gasteiger partial charge is 0.495 e. The van der Waals surface area contributed by atoms with Crippen molar-refractivity contribution >= 4 is 24.2 Å². The highest BCUT2D eigenvalue weighted by Crippen LogP contribution is 2.38. The van der Waals surface area contributed by atoms with Gasteiger partial charge >= 0.3 is 7.12 Å². The minimum absolute atomic E-state index is 0.329. The summed E-state index contributed by atoms with van der Waals surface area (Å²) in [6.45, 7) is 8.26. The van der Waals surface area contributed by atoms with Crippen molar-refractivity contribution in [3.8, 4) is 0 Å². The first-order valence-electron chi connectivity index (χ1n) is 7.29. The van der Waals surface area contributed by atoms with Gasteiger partial charge in [0.05, 0.1) is 11.2 Å². The molecule has 3 rings (SSSR count). The van der Waals surface area contributed by atoms with Gasteiger partial charge in [0.25, 0.3) is 0 Å². The van der Waals surface area contributed by atoms with Gasteiger partial charge in [-0.15, -0.1) is 0 Å². The maximum atomic E-state index is 6.30. The van der Waals surface area contributed by atoms with E-state index in [1.807, 2.05) is 6.07 Å². The molecule has 0 N–H and O–H groups in total. The molecule has 5 heteroatoms. The summed E-state index contributed by atoms with van der Waals surface area (Å²) in [7, 11) is -0.353. The minimum atomic E-state index is -0.353. The number of pyridine rings is 1. The molecule has 1 saturated carbocycles. The van der Waals surface area contributed by atoms with Gasteiger partial charge in [-0.05, 0) is 70.0 Å². The van der Waals surface area contributed by atoms with E-state index in [0.717, 1.165) is 23.4 Å². The molecule has 1 aliphatic heterocycles. The molecule has 1 saturated heterocycles. The first-order valence-corrected chi connectivity index (χ1v) is 7.67. The second-order valence-corrected chi connectivity index (χ2v) is 7.26. The van der Waals surface area contributed by atoms with Crippen molar-refractivity contribution < 1.29 is 9.31 Å². The summed E-state index contributed by atoms with van der Waals surface area (Å²) < 4.78 is 12.3. The van der Waals surface area contributed by atoms with E-state index in [2.05, 4.69) is 32.7 Å². The first-order chi connectivity index (χ1) is 9.30. The lowest BCUT2D eigenvalue weighted by Gasteiger charge is -2.32. The molecule has 0 unspecified atom stereocenters. The topological polar surface area (TPSA) is 31.4 Å². The van der Waals surface area contributed by atoms with Gasteiger partial charge in [-0.2, -0.15) is 0 Å². The van der Waals surface area contributed by atoms with Crippen molar-refractivity contribution in [2.24, 2.45) is 5.92 Å². The quantitative estimate of drug-likeness (QED) is 0.634. The molecule has 2 heterocycles. The number of hydrogen-bond acceptors (Lipinski definition) is 3. The normalized spacial score (nSPS) is 24.1. The zero-order valence-corrected chi connectivity index (χ0v) is 13.3. The highest BCUT2D eigenvalue weighted by molar-refractivity contribution is 6.63. The summed E-state index contributed by atoms with van der Waals surface area (Å²) in [5.41, 5.74) is 1.47. The van der Waals surface area contributed by atoms with Crippen LogP contribution in [0, 0.1) is 5.92 Å². The molecule has 0 radical (unpaired) electrons. The third kappa shape index (κ3) is 2.49. The Hall–Kier alpha value is -0.575. The highest BCUT2D eigenvalue weighted by atomic mass is 35.5. The lowest BCUT2D eigenvalue weighted by Crippen LogP contribution is -2.41. The molecule has 20 heavy (non-hydrogen) atoms. The molecule has 1 aromatic rings. The van der Waals surface area contributed by atoms with E-state index in [1.165, 1.54) is 12.8 Å². The van der Waals surface area contributed by atoms with Crippen LogP contribution < -0.4 is 5.46 Å². The number of hydrogen-bond donors (Lipinski definition) is 0. The Kier molecular flexibility index (Phi) is 3.39. The van der Waals surface area contributed by atoms with E-state index in [0.29, 0.717) is 5.15 Å². The van der Waals surface area contributed by atoms with Crippen LogP contribution in [0.2, 0.25) is 5.15 Å². The molecule has 1 aliphatic carbocycles. The smallest absolute Gasteiger partial charge is 0.399 e. The van der Waals surface area contributed by atoms with Crippen molar-refractivity contribution in [1.29, 1.82) is 0 Å². The molecular weight excluding hydrogens is 272 g/mol. The summed E-state index contributed by atoms with van der Waals surface area (Å²) in [4.78, 5) is 4.22. The lowest BCUT2D eigenvalue weighted by atomic mass is 9.75. The number of nitrogens with zero attached hydrogens (tertiary/aromatic N) is 1. The number of aromatic nitrogens is 1. The van der Waals surface area contributed by atoms with Gasteiger partial charge in [-0.1, -0.05) is 11.6 Å². The molecule has 3 nitrogen and oxygen atoms in total. The Morgan fingerprint density at radius 1 is 1.25 bits per heavy atom. The van der Waals surface area contributed by atoms with Crippen molar-refractivity contribution in [1.82, 2.24) is 4.98 Å². The lowest BCUT2D eigenvalue weighted by molar-refractivity contribution is 0.00578. The van der Waals surface area contributed by atoms with E-state index in [1.54, 1.807) is 6.20 Å². The van der Waals surface area contributed by atoms with Gasteiger partial charge in [0.1, 0.15) is 5.15 Å². The van der Waals surface area contributed by atoms with Gasteiger partial charge in [0.15, 0.2) is 0 Å². The zero-order valence-electron chi connectivity index (χ0n) is 12.6. The molecule has 1 aromatic heterocycles. The van der Waals surface area contributed by atoms with Gasteiger partial charge in [0, 0.05) is 6.20 Å². The van der Waals surface area contributed by atoms with E-state index < -0.39 is 0 Å². The Morgan fingerprint density at radius 3 is 2.40 bits per heavy atom. The van der Waals surface area contributed by atoms with E-state index in [9.17, 15) is 0 Å². The van der Waals surface area contributed by atoms with Crippen molar-refractivity contribution in [2.75, 3.05) is 0 Å². The van der Waals surface area contributed by atoms with Gasteiger partial charge in [0.2, 0.25) is 0 Å². The Balaban J connectivity index is 1.93. The van der Waals surface area contributed by atoms with Crippen LogP contribution in [-0.4, -0.2) is 23.3 Å². The molecule has 0 amide bonds. The molecule has 108 valence electrons. The summed E-state index contributed by atoms with van der Waals surface area (Å²) in [6, 6.07) is 1.98. The second kappa shape index (κ2) is 4.72. The maximum Gasteiger partial charge on any atom is 0.495 e. The predicted molar refractivity (Wildman–Crippen MR) is 81.4 cm³/mol. The average molecular weight is 294 g/mol.